The van der Waals surface area contributed by atoms with Crippen LogP contribution in [0.25, 0.3) is 0 Å². The molecule has 0 aliphatic heterocycles. The molecule has 0 heterocycles. The Labute approximate surface area is 183 Å². The summed E-state index contributed by atoms with van der Waals surface area (Å²) in [7, 11) is 3.36. The number of aliphatic hydroxyl groups is 1. The highest BCUT2D eigenvalue weighted by molar-refractivity contribution is 6.17. The highest BCUT2D eigenvalue weighted by Gasteiger charge is 2.57. The Kier molecular flexibility index (Phi) is 5.08. The molecule has 10 heteroatoms. The van der Waals surface area contributed by atoms with Crippen LogP contribution in [0.2, 0.25) is 0 Å². The average Bonchev–Trinajstić information content (AvgIpc) is 2.66. The second-order valence-electron chi connectivity index (χ2n) is 9.12. The third kappa shape index (κ3) is 3.01. The molecule has 3 aliphatic rings. The zero-order chi connectivity index (χ0) is 23.6. The van der Waals surface area contributed by atoms with Crippen molar-refractivity contribution < 1.29 is 39.3 Å². The van der Waals surface area contributed by atoms with E-state index in [0.29, 0.717) is 17.7 Å². The molecule has 0 bridgehead atoms. The van der Waals surface area contributed by atoms with Crippen molar-refractivity contribution >= 4 is 34.9 Å². The Bertz CT molecular complexity index is 1080. The molecule has 4 rings (SSSR count). The van der Waals surface area contributed by atoms with Crippen LogP contribution in [0.3, 0.4) is 0 Å². The molecule has 1 aromatic rings. The molecule has 32 heavy (non-hydrogen) atoms. The molecule has 10 nitrogen and oxygen atoms in total. The smallest absolute Gasteiger partial charge is 0.339 e. The number of fused-ring (bicyclic) bond motifs is 3. The van der Waals surface area contributed by atoms with Crippen molar-refractivity contribution in [1.82, 2.24) is 0 Å². The summed E-state index contributed by atoms with van der Waals surface area (Å²) in [5, 5.41) is 30.7. The molecule has 2 saturated carbocycles. The summed E-state index contributed by atoms with van der Waals surface area (Å²) in [4.78, 5) is 64.2. The number of aliphatic hydroxyl groups excluding tert-OH is 1. The molecular weight excluding hydrogens is 420 g/mol. The minimum absolute atomic E-state index is 0.0882. The second kappa shape index (κ2) is 7.40. The number of carbonyl (C=O) groups excluding carboxylic acids is 4. The van der Waals surface area contributed by atoms with Crippen molar-refractivity contribution in [2.75, 3.05) is 19.0 Å². The summed E-state index contributed by atoms with van der Waals surface area (Å²) >= 11 is 0. The number of Topliss-reactive ketones (excluding diaryl/α,β-unsaturated/α-hetero) is 3. The second-order valence-corrected chi connectivity index (χ2v) is 9.12. The largest absolute Gasteiger partial charge is 0.506 e. The maximum absolute atomic E-state index is 13.5. The first kappa shape index (κ1) is 21.9. The lowest BCUT2D eigenvalue weighted by Crippen LogP contribution is -2.58. The van der Waals surface area contributed by atoms with E-state index in [1.54, 1.807) is 19.0 Å². The third-order valence-corrected chi connectivity index (χ3v) is 7.14. The van der Waals surface area contributed by atoms with Crippen molar-refractivity contribution in [3.63, 3.8) is 0 Å². The third-order valence-electron chi connectivity index (χ3n) is 7.14. The van der Waals surface area contributed by atoms with Crippen molar-refractivity contribution in [3.05, 3.63) is 22.8 Å². The number of carbonyl (C=O) groups is 5. The first-order valence-corrected chi connectivity index (χ1v) is 10.3. The van der Waals surface area contributed by atoms with E-state index in [-0.39, 0.29) is 18.4 Å². The number of benzene rings is 1. The summed E-state index contributed by atoms with van der Waals surface area (Å²) in [5.41, 5.74) is 5.51. The van der Waals surface area contributed by atoms with Gasteiger partial charge in [0.25, 0.3) is 0 Å². The van der Waals surface area contributed by atoms with Gasteiger partial charge in [0.05, 0.1) is 17.6 Å². The Morgan fingerprint density at radius 1 is 1.12 bits per heavy atom. The molecule has 1 aromatic carbocycles. The molecule has 2 fully saturated rings. The van der Waals surface area contributed by atoms with Gasteiger partial charge in [-0.05, 0) is 36.3 Å². The average molecular weight is 444 g/mol. The quantitative estimate of drug-likeness (QED) is 0.459. The van der Waals surface area contributed by atoms with Crippen molar-refractivity contribution in [1.29, 1.82) is 0 Å². The number of hydrogen-bond acceptors (Lipinski definition) is 8. The summed E-state index contributed by atoms with van der Waals surface area (Å²) in [6, 6.07) is 1.29. The number of carboxylic acid groups (broad SMARTS) is 1. The number of amides is 1. The Morgan fingerprint density at radius 2 is 1.78 bits per heavy atom. The van der Waals surface area contributed by atoms with Gasteiger partial charge in [-0.15, -0.1) is 0 Å². The van der Waals surface area contributed by atoms with Crippen LogP contribution in [0.1, 0.15) is 39.1 Å². The van der Waals surface area contributed by atoms with Gasteiger partial charge < -0.3 is 26.0 Å². The maximum atomic E-state index is 13.5. The Balaban J connectivity index is 1.82. The number of nitrogens with two attached hydrogens (primary N) is 1. The lowest BCUT2D eigenvalue weighted by atomic mass is 9.55. The maximum Gasteiger partial charge on any atom is 0.339 e. The van der Waals surface area contributed by atoms with Crippen molar-refractivity contribution in [2.24, 2.45) is 35.3 Å². The Morgan fingerprint density at radius 3 is 2.34 bits per heavy atom. The van der Waals surface area contributed by atoms with E-state index in [0.717, 1.165) is 0 Å². The van der Waals surface area contributed by atoms with Gasteiger partial charge in [0.15, 0.2) is 5.78 Å². The van der Waals surface area contributed by atoms with E-state index >= 15 is 0 Å². The monoisotopic (exact) mass is 444 g/mol. The van der Waals surface area contributed by atoms with Gasteiger partial charge in [-0.3, -0.25) is 19.2 Å². The molecule has 5 N–H and O–H groups in total. The molecule has 3 aliphatic carbocycles. The fourth-order valence-electron chi connectivity index (χ4n) is 5.81. The van der Waals surface area contributed by atoms with E-state index in [2.05, 4.69) is 0 Å². The highest BCUT2D eigenvalue weighted by atomic mass is 16.4. The standard InChI is InChI=1S/C22H24N2O8/c1-24(2)11-6-10(22(31)32)17(26)15-9(11)4-7-3-8-5-12(25)16(21(23)30)20(29)14(8)18(27)13(7)19(15)28/h6-8,13-14,16,20,26,29H,3-5H2,1-2H3,(H2,23,30)(H,31,32). The van der Waals surface area contributed by atoms with E-state index in [1.807, 2.05) is 0 Å². The van der Waals surface area contributed by atoms with Crippen molar-refractivity contribution in [3.8, 4) is 5.75 Å². The van der Waals surface area contributed by atoms with E-state index in [4.69, 9.17) is 5.73 Å². The molecule has 0 radical (unpaired) electrons. The number of anilines is 1. The summed E-state index contributed by atoms with van der Waals surface area (Å²) in [5.74, 6) is -9.74. The van der Waals surface area contributed by atoms with Crippen LogP contribution in [0.15, 0.2) is 6.07 Å². The van der Waals surface area contributed by atoms with E-state index in [9.17, 15) is 39.3 Å². The van der Waals surface area contributed by atoms with Gasteiger partial charge in [-0.1, -0.05) is 0 Å². The number of nitrogens with zero attached hydrogens (tertiary/aromatic N) is 1. The van der Waals surface area contributed by atoms with E-state index < -0.39 is 76.2 Å². The minimum atomic E-state index is -1.61. The zero-order valence-electron chi connectivity index (χ0n) is 17.6. The van der Waals surface area contributed by atoms with Crippen LogP contribution >= 0.6 is 0 Å². The topological polar surface area (TPSA) is 175 Å². The molecule has 6 unspecified atom stereocenters. The lowest BCUT2D eigenvalue weighted by Gasteiger charge is -2.47. The summed E-state index contributed by atoms with van der Waals surface area (Å²) in [6.07, 6.45) is -1.17. The molecule has 0 aromatic heterocycles. The number of hydrogen-bond donors (Lipinski definition) is 4. The van der Waals surface area contributed by atoms with Gasteiger partial charge in [-0.25, -0.2) is 4.79 Å². The normalized spacial score (nSPS) is 31.4. The van der Waals surface area contributed by atoms with Crippen LogP contribution in [0.5, 0.6) is 5.75 Å². The zero-order valence-corrected chi connectivity index (χ0v) is 17.6. The van der Waals surface area contributed by atoms with Gasteiger partial charge in [0.1, 0.15) is 28.8 Å². The Hall–Kier alpha value is -3.27. The van der Waals surface area contributed by atoms with E-state index in [1.165, 1.54) is 6.07 Å². The summed E-state index contributed by atoms with van der Waals surface area (Å²) in [6.45, 7) is 0. The number of carboxylic acids is 1. The fourth-order valence-corrected chi connectivity index (χ4v) is 5.81. The molecule has 0 spiro atoms. The van der Waals surface area contributed by atoms with Gasteiger partial charge in [-0.2, -0.15) is 0 Å². The number of aromatic hydroxyl groups is 1. The van der Waals surface area contributed by atoms with Crippen LogP contribution in [-0.4, -0.2) is 64.7 Å². The van der Waals surface area contributed by atoms with Crippen LogP contribution in [-0.2, 0) is 20.8 Å². The molecular formula is C22H24N2O8. The fraction of sp³-hybridized carbons (Fsp3) is 0.500. The molecule has 1 amide bonds. The predicted molar refractivity (Wildman–Crippen MR) is 109 cm³/mol. The predicted octanol–water partition coefficient (Wildman–Crippen LogP) is -0.232. The molecule has 170 valence electrons. The van der Waals surface area contributed by atoms with Crippen LogP contribution in [0.4, 0.5) is 5.69 Å². The SMILES string of the molecule is CN(C)c1cc(C(=O)O)c(O)c2c1CC1CC3CC(=O)C(C(N)=O)C(O)C3C(=O)C1C2=O. The molecule has 6 atom stereocenters. The number of primary amides is 1. The number of rotatable bonds is 3. The van der Waals surface area contributed by atoms with Gasteiger partial charge in [0, 0.05) is 32.1 Å². The highest BCUT2D eigenvalue weighted by Crippen LogP contribution is 2.50. The number of ketones is 3. The number of aromatic carboxylic acids is 1. The summed E-state index contributed by atoms with van der Waals surface area (Å²) < 4.78 is 0. The lowest BCUT2D eigenvalue weighted by molar-refractivity contribution is -0.155. The first-order chi connectivity index (χ1) is 15.0. The minimum Gasteiger partial charge on any atom is -0.506 e. The van der Waals surface area contributed by atoms with Crippen LogP contribution < -0.4 is 10.6 Å². The first-order valence-electron chi connectivity index (χ1n) is 10.3. The molecule has 0 saturated heterocycles. The van der Waals surface area contributed by atoms with Crippen molar-refractivity contribution in [2.45, 2.75) is 25.4 Å². The number of phenols is 1. The van der Waals surface area contributed by atoms with Crippen LogP contribution in [0, 0.1) is 29.6 Å². The van der Waals surface area contributed by atoms with Gasteiger partial charge >= 0.3 is 5.97 Å². The van der Waals surface area contributed by atoms with Gasteiger partial charge in [0.2, 0.25) is 5.91 Å².